The molecular formula is C20H19N3O5. The zero-order valence-electron chi connectivity index (χ0n) is 15.2. The highest BCUT2D eigenvalue weighted by Crippen LogP contribution is 2.20. The fourth-order valence-electron chi connectivity index (χ4n) is 2.93. The molecule has 0 saturated heterocycles. The maximum Gasteiger partial charge on any atom is 0.329 e. The lowest BCUT2D eigenvalue weighted by molar-refractivity contribution is -0.384. The van der Waals surface area contributed by atoms with Crippen molar-refractivity contribution < 1.29 is 19.2 Å². The fourth-order valence-corrected chi connectivity index (χ4v) is 2.93. The van der Waals surface area contributed by atoms with Crippen LogP contribution in [0.5, 0.6) is 0 Å². The normalized spacial score (nSPS) is 11.8. The number of nitrogens with one attached hydrogen (secondary N) is 2. The fraction of sp³-hybridized carbons (Fsp3) is 0.200. The average Bonchev–Trinajstić information content (AvgIpc) is 3.08. The number of aromatic amines is 1. The monoisotopic (exact) mass is 381 g/mol. The minimum absolute atomic E-state index is 0.0365. The van der Waals surface area contributed by atoms with Crippen LogP contribution in [-0.4, -0.2) is 27.8 Å². The van der Waals surface area contributed by atoms with Gasteiger partial charge < -0.3 is 15.0 Å². The van der Waals surface area contributed by atoms with E-state index in [0.29, 0.717) is 5.56 Å². The Bertz CT molecular complexity index is 1010. The highest BCUT2D eigenvalue weighted by atomic mass is 16.6. The van der Waals surface area contributed by atoms with E-state index in [9.17, 15) is 19.7 Å². The summed E-state index contributed by atoms with van der Waals surface area (Å²) in [6, 6.07) is 12.6. The molecule has 144 valence electrons. The number of non-ortho nitro benzene ring substituents is 1. The first-order valence-electron chi connectivity index (χ1n) is 8.66. The van der Waals surface area contributed by atoms with E-state index in [1.165, 1.54) is 31.2 Å². The summed E-state index contributed by atoms with van der Waals surface area (Å²) in [6.45, 7) is 1.30. The van der Waals surface area contributed by atoms with Crippen LogP contribution >= 0.6 is 0 Å². The van der Waals surface area contributed by atoms with Crippen LogP contribution in [0.1, 0.15) is 18.1 Å². The van der Waals surface area contributed by atoms with Gasteiger partial charge in [-0.3, -0.25) is 14.9 Å². The van der Waals surface area contributed by atoms with Crippen LogP contribution < -0.4 is 5.32 Å². The van der Waals surface area contributed by atoms with Crippen LogP contribution in [0.25, 0.3) is 10.9 Å². The molecule has 1 unspecified atom stereocenters. The molecular weight excluding hydrogens is 362 g/mol. The number of nitro benzene ring substituents is 1. The van der Waals surface area contributed by atoms with Gasteiger partial charge in [0, 0.05) is 42.6 Å². The van der Waals surface area contributed by atoms with E-state index in [1.807, 2.05) is 30.5 Å². The molecule has 1 amide bonds. The van der Waals surface area contributed by atoms with Crippen molar-refractivity contribution in [2.75, 3.05) is 0 Å². The quantitative estimate of drug-likeness (QED) is 0.371. The molecule has 0 aliphatic rings. The Kier molecular flexibility index (Phi) is 5.69. The number of nitrogens with zero attached hydrogens (tertiary/aromatic N) is 1. The Morgan fingerprint density at radius 2 is 1.89 bits per heavy atom. The summed E-state index contributed by atoms with van der Waals surface area (Å²) in [5, 5.41) is 14.3. The van der Waals surface area contributed by atoms with Crippen molar-refractivity contribution in [1.82, 2.24) is 10.3 Å². The number of hydrogen-bond donors (Lipinski definition) is 2. The van der Waals surface area contributed by atoms with Gasteiger partial charge >= 0.3 is 5.97 Å². The molecule has 28 heavy (non-hydrogen) atoms. The van der Waals surface area contributed by atoms with Crippen molar-refractivity contribution in [1.29, 1.82) is 0 Å². The molecule has 3 aromatic rings. The van der Waals surface area contributed by atoms with E-state index in [4.69, 9.17) is 4.74 Å². The van der Waals surface area contributed by atoms with Gasteiger partial charge in [0.2, 0.25) is 5.91 Å². The zero-order valence-corrected chi connectivity index (χ0v) is 15.2. The Labute approximate surface area is 160 Å². The van der Waals surface area contributed by atoms with Crippen molar-refractivity contribution in [3.05, 3.63) is 76.0 Å². The second-order valence-electron chi connectivity index (χ2n) is 6.35. The molecule has 1 atom stereocenters. The molecule has 0 saturated carbocycles. The lowest BCUT2D eigenvalue weighted by atomic mass is 10.0. The van der Waals surface area contributed by atoms with Gasteiger partial charge in [-0.1, -0.05) is 18.2 Å². The number of amides is 1. The Hall–Kier alpha value is -3.68. The van der Waals surface area contributed by atoms with Crippen molar-refractivity contribution in [3.63, 3.8) is 0 Å². The molecule has 8 heteroatoms. The summed E-state index contributed by atoms with van der Waals surface area (Å²) in [4.78, 5) is 37.4. The third-order valence-electron chi connectivity index (χ3n) is 4.29. The highest BCUT2D eigenvalue weighted by Gasteiger charge is 2.23. The second kappa shape index (κ2) is 8.34. The molecule has 2 aromatic carbocycles. The third-order valence-corrected chi connectivity index (χ3v) is 4.29. The van der Waals surface area contributed by atoms with E-state index in [2.05, 4.69) is 10.3 Å². The number of hydrogen-bond acceptors (Lipinski definition) is 5. The number of benzene rings is 2. The van der Waals surface area contributed by atoms with Crippen molar-refractivity contribution in [3.8, 4) is 0 Å². The lowest BCUT2D eigenvalue weighted by Crippen LogP contribution is -2.42. The van der Waals surface area contributed by atoms with Gasteiger partial charge in [0.25, 0.3) is 5.69 Å². The first-order valence-corrected chi connectivity index (χ1v) is 8.66. The van der Waals surface area contributed by atoms with Crippen LogP contribution in [-0.2, 0) is 27.4 Å². The molecule has 2 N–H and O–H groups in total. The summed E-state index contributed by atoms with van der Waals surface area (Å²) in [7, 11) is 0. The largest absolute Gasteiger partial charge is 0.459 e. The van der Waals surface area contributed by atoms with Crippen molar-refractivity contribution in [2.24, 2.45) is 0 Å². The molecule has 1 heterocycles. The van der Waals surface area contributed by atoms with Gasteiger partial charge in [-0.2, -0.15) is 0 Å². The minimum atomic E-state index is -0.838. The van der Waals surface area contributed by atoms with Gasteiger partial charge in [0.15, 0.2) is 0 Å². The van der Waals surface area contributed by atoms with E-state index < -0.39 is 16.9 Å². The predicted molar refractivity (Wildman–Crippen MR) is 102 cm³/mol. The van der Waals surface area contributed by atoms with Crippen molar-refractivity contribution in [2.45, 2.75) is 26.0 Å². The van der Waals surface area contributed by atoms with Crippen LogP contribution in [0.4, 0.5) is 5.69 Å². The number of aromatic nitrogens is 1. The van der Waals surface area contributed by atoms with Gasteiger partial charge in [-0.25, -0.2) is 4.79 Å². The van der Waals surface area contributed by atoms with Crippen LogP contribution in [0.2, 0.25) is 0 Å². The van der Waals surface area contributed by atoms with Crippen LogP contribution in [0, 0.1) is 10.1 Å². The van der Waals surface area contributed by atoms with Crippen molar-refractivity contribution >= 4 is 28.5 Å². The molecule has 0 radical (unpaired) electrons. The smallest absolute Gasteiger partial charge is 0.329 e. The predicted octanol–water partition coefficient (Wildman–Crippen LogP) is 2.87. The van der Waals surface area contributed by atoms with Gasteiger partial charge in [-0.15, -0.1) is 0 Å². The zero-order chi connectivity index (χ0) is 20.1. The number of nitro groups is 1. The molecule has 0 fully saturated rings. The molecule has 0 bridgehead atoms. The first kappa shape index (κ1) is 19.1. The van der Waals surface area contributed by atoms with E-state index in [-0.39, 0.29) is 24.6 Å². The number of carbonyl (C=O) groups is 2. The standard InChI is InChI=1S/C20H19N3O5/c1-13(24)22-19(10-15-11-21-18-5-3-2-4-17(15)18)20(25)28-12-14-6-8-16(9-7-14)23(26)27/h2-9,11,19,21H,10,12H2,1H3,(H,22,24). The number of para-hydroxylation sites is 1. The van der Waals surface area contributed by atoms with E-state index >= 15 is 0 Å². The summed E-state index contributed by atoms with van der Waals surface area (Å²) in [5.74, 6) is -0.907. The molecule has 0 aliphatic heterocycles. The topological polar surface area (TPSA) is 114 Å². The summed E-state index contributed by atoms with van der Waals surface area (Å²) in [6.07, 6.45) is 2.09. The molecule has 3 rings (SSSR count). The van der Waals surface area contributed by atoms with Gasteiger partial charge in [0.1, 0.15) is 12.6 Å². The van der Waals surface area contributed by atoms with E-state index in [1.54, 1.807) is 0 Å². The summed E-state index contributed by atoms with van der Waals surface area (Å²) < 4.78 is 5.32. The first-order chi connectivity index (χ1) is 13.4. The maximum atomic E-state index is 12.5. The Balaban J connectivity index is 1.69. The van der Waals surface area contributed by atoms with Gasteiger partial charge in [0.05, 0.1) is 4.92 Å². The minimum Gasteiger partial charge on any atom is -0.459 e. The molecule has 0 spiro atoms. The lowest BCUT2D eigenvalue weighted by Gasteiger charge is -2.16. The van der Waals surface area contributed by atoms with E-state index in [0.717, 1.165) is 16.5 Å². The third kappa shape index (κ3) is 4.53. The number of esters is 1. The number of ether oxygens (including phenoxy) is 1. The number of H-pyrrole nitrogens is 1. The Morgan fingerprint density at radius 1 is 1.18 bits per heavy atom. The van der Waals surface area contributed by atoms with Gasteiger partial charge in [-0.05, 0) is 29.3 Å². The molecule has 1 aromatic heterocycles. The van der Waals surface area contributed by atoms with Crippen LogP contribution in [0.3, 0.4) is 0 Å². The molecule has 0 aliphatic carbocycles. The second-order valence-corrected chi connectivity index (χ2v) is 6.35. The number of carbonyl (C=O) groups excluding carboxylic acids is 2. The number of fused-ring (bicyclic) bond motifs is 1. The molecule has 8 nitrogen and oxygen atoms in total. The highest BCUT2D eigenvalue weighted by molar-refractivity contribution is 5.86. The Morgan fingerprint density at radius 3 is 2.57 bits per heavy atom. The maximum absolute atomic E-state index is 12.5. The SMILES string of the molecule is CC(=O)NC(Cc1c[nH]c2ccccc12)C(=O)OCc1ccc([N+](=O)[O-])cc1. The summed E-state index contributed by atoms with van der Waals surface area (Å²) >= 11 is 0. The average molecular weight is 381 g/mol. The summed E-state index contributed by atoms with van der Waals surface area (Å²) in [5.41, 5.74) is 2.41. The van der Waals surface area contributed by atoms with Crippen LogP contribution in [0.15, 0.2) is 54.7 Å². The number of rotatable bonds is 7.